The van der Waals surface area contributed by atoms with Gasteiger partial charge in [0.25, 0.3) is 0 Å². The van der Waals surface area contributed by atoms with Crippen LogP contribution in [0.5, 0.6) is 0 Å². The lowest BCUT2D eigenvalue weighted by molar-refractivity contribution is 0.444. The van der Waals surface area contributed by atoms with Crippen LogP contribution >= 0.6 is 11.3 Å². The minimum Gasteiger partial charge on any atom is -0.315 e. The second-order valence-corrected chi connectivity index (χ2v) is 8.18. The van der Waals surface area contributed by atoms with E-state index >= 15 is 0 Å². The van der Waals surface area contributed by atoms with Crippen LogP contribution in [0.3, 0.4) is 0 Å². The number of hydrogen-bond donors (Lipinski definition) is 2. The third kappa shape index (κ3) is 5.52. The zero-order valence-corrected chi connectivity index (χ0v) is 14.2. The molecular weight excluding hydrogens is 292 g/mol. The summed E-state index contributed by atoms with van der Waals surface area (Å²) in [5.74, 6) is 0.432. The molecule has 0 aliphatic rings. The lowest BCUT2D eigenvalue weighted by atomic mass is 10.00. The van der Waals surface area contributed by atoms with E-state index in [-0.39, 0.29) is 0 Å². The molecule has 0 aliphatic carbocycles. The van der Waals surface area contributed by atoms with Crippen LogP contribution in [0.4, 0.5) is 0 Å². The molecule has 0 spiro atoms. The van der Waals surface area contributed by atoms with Crippen LogP contribution in [0.2, 0.25) is 0 Å². The largest absolute Gasteiger partial charge is 0.315 e. The summed E-state index contributed by atoms with van der Waals surface area (Å²) in [5, 5.41) is 3.03. The van der Waals surface area contributed by atoms with Crippen LogP contribution in [0.25, 0.3) is 0 Å². The highest BCUT2D eigenvalue weighted by Crippen LogP contribution is 2.22. The molecule has 1 aromatic rings. The zero-order valence-electron chi connectivity index (χ0n) is 12.6. The molecule has 1 aromatic heterocycles. The Balaban J connectivity index is 2.59. The first-order valence-electron chi connectivity index (χ1n) is 7.26. The monoisotopic (exact) mass is 318 g/mol. The van der Waals surface area contributed by atoms with Gasteiger partial charge in [-0.15, -0.1) is 11.3 Å². The molecule has 0 amide bonds. The molecule has 0 bridgehead atoms. The Morgan fingerprint density at radius 3 is 2.65 bits per heavy atom. The molecular formula is C14H26N2O2S2. The van der Waals surface area contributed by atoms with Crippen molar-refractivity contribution >= 4 is 21.4 Å². The molecule has 1 atom stereocenters. The van der Waals surface area contributed by atoms with Crippen molar-refractivity contribution in [2.24, 2.45) is 5.92 Å². The van der Waals surface area contributed by atoms with Crippen LogP contribution in [-0.2, 0) is 16.6 Å². The van der Waals surface area contributed by atoms with E-state index in [2.05, 4.69) is 23.9 Å². The van der Waals surface area contributed by atoms with Crippen molar-refractivity contribution in [1.82, 2.24) is 10.0 Å². The average molecular weight is 319 g/mol. The molecule has 4 nitrogen and oxygen atoms in total. The summed E-state index contributed by atoms with van der Waals surface area (Å²) in [6.45, 7) is 5.52. The Labute approximate surface area is 127 Å². The first-order valence-corrected chi connectivity index (χ1v) is 9.56. The summed E-state index contributed by atoms with van der Waals surface area (Å²) >= 11 is 1.33. The van der Waals surface area contributed by atoms with Crippen molar-refractivity contribution in [3.05, 3.63) is 17.0 Å². The minimum atomic E-state index is -3.35. The van der Waals surface area contributed by atoms with E-state index in [0.717, 1.165) is 30.6 Å². The summed E-state index contributed by atoms with van der Waals surface area (Å²) in [4.78, 5) is 1.03. The molecule has 1 unspecified atom stereocenters. The van der Waals surface area contributed by atoms with E-state index < -0.39 is 10.0 Å². The summed E-state index contributed by atoms with van der Waals surface area (Å²) in [7, 11) is -1.49. The highest BCUT2D eigenvalue weighted by Gasteiger charge is 2.18. The van der Waals surface area contributed by atoms with Crippen molar-refractivity contribution in [3.63, 3.8) is 0 Å². The summed E-state index contributed by atoms with van der Waals surface area (Å²) in [5.41, 5.74) is 0. The third-order valence-corrected chi connectivity index (χ3v) is 6.36. The number of rotatable bonds is 10. The SMILES string of the molecule is CCCCC(CC)CNS(=O)(=O)c1ccc(CNC)s1. The molecule has 0 aliphatic heterocycles. The van der Waals surface area contributed by atoms with E-state index in [9.17, 15) is 8.42 Å². The van der Waals surface area contributed by atoms with Gasteiger partial charge in [0, 0.05) is 18.0 Å². The van der Waals surface area contributed by atoms with Crippen LogP contribution < -0.4 is 10.0 Å². The van der Waals surface area contributed by atoms with Gasteiger partial charge in [0.1, 0.15) is 4.21 Å². The Bertz CT molecular complexity index is 483. The van der Waals surface area contributed by atoms with Crippen LogP contribution in [0, 0.1) is 5.92 Å². The van der Waals surface area contributed by atoms with Gasteiger partial charge in [-0.2, -0.15) is 0 Å². The topological polar surface area (TPSA) is 58.2 Å². The highest BCUT2D eigenvalue weighted by molar-refractivity contribution is 7.91. The highest BCUT2D eigenvalue weighted by atomic mass is 32.2. The minimum absolute atomic E-state index is 0.410. The van der Waals surface area contributed by atoms with Crippen molar-refractivity contribution < 1.29 is 8.42 Å². The van der Waals surface area contributed by atoms with Gasteiger partial charge in [0.15, 0.2) is 0 Å². The quantitative estimate of drug-likeness (QED) is 0.697. The van der Waals surface area contributed by atoms with Crippen molar-refractivity contribution in [2.45, 2.75) is 50.3 Å². The van der Waals surface area contributed by atoms with E-state index in [1.54, 1.807) is 6.07 Å². The van der Waals surface area contributed by atoms with E-state index in [0.29, 0.717) is 23.2 Å². The van der Waals surface area contributed by atoms with Crippen LogP contribution in [0.15, 0.2) is 16.3 Å². The second-order valence-electron chi connectivity index (χ2n) is 5.02. The van der Waals surface area contributed by atoms with E-state index in [1.807, 2.05) is 13.1 Å². The smallest absolute Gasteiger partial charge is 0.250 e. The van der Waals surface area contributed by atoms with Gasteiger partial charge in [-0.25, -0.2) is 13.1 Å². The fourth-order valence-corrected chi connectivity index (χ4v) is 4.54. The van der Waals surface area contributed by atoms with Gasteiger partial charge >= 0.3 is 0 Å². The van der Waals surface area contributed by atoms with Gasteiger partial charge in [-0.1, -0.05) is 33.1 Å². The number of nitrogens with one attached hydrogen (secondary N) is 2. The van der Waals surface area contributed by atoms with Crippen molar-refractivity contribution in [2.75, 3.05) is 13.6 Å². The van der Waals surface area contributed by atoms with Crippen molar-refractivity contribution in [3.8, 4) is 0 Å². The number of unbranched alkanes of at least 4 members (excludes halogenated alkanes) is 1. The predicted molar refractivity (Wildman–Crippen MR) is 85.6 cm³/mol. The van der Waals surface area contributed by atoms with Gasteiger partial charge in [0.05, 0.1) is 0 Å². The Hall–Kier alpha value is -0.430. The summed E-state index contributed by atoms with van der Waals surface area (Å²) < 4.78 is 27.6. The normalized spacial score (nSPS) is 13.6. The Morgan fingerprint density at radius 1 is 1.30 bits per heavy atom. The third-order valence-electron chi connectivity index (χ3n) is 3.36. The Kier molecular flexibility index (Phi) is 7.72. The van der Waals surface area contributed by atoms with Gasteiger partial charge in [-0.3, -0.25) is 0 Å². The van der Waals surface area contributed by atoms with E-state index in [4.69, 9.17) is 0 Å². The molecule has 0 saturated heterocycles. The molecule has 1 heterocycles. The van der Waals surface area contributed by atoms with Crippen LogP contribution in [0.1, 0.15) is 44.4 Å². The molecule has 20 heavy (non-hydrogen) atoms. The van der Waals surface area contributed by atoms with Gasteiger partial charge in [0.2, 0.25) is 10.0 Å². The summed E-state index contributed by atoms with van der Waals surface area (Å²) in [6, 6.07) is 3.55. The molecule has 116 valence electrons. The first kappa shape index (κ1) is 17.6. The number of hydrogen-bond acceptors (Lipinski definition) is 4. The fraction of sp³-hybridized carbons (Fsp3) is 0.714. The Morgan fingerprint density at radius 2 is 2.05 bits per heavy atom. The first-order chi connectivity index (χ1) is 9.53. The predicted octanol–water partition coefficient (Wildman–Crippen LogP) is 2.96. The maximum atomic E-state index is 12.2. The van der Waals surface area contributed by atoms with Gasteiger partial charge < -0.3 is 5.32 Å². The van der Waals surface area contributed by atoms with Crippen LogP contribution in [-0.4, -0.2) is 22.0 Å². The molecule has 0 radical (unpaired) electrons. The molecule has 0 aromatic carbocycles. The lowest BCUT2D eigenvalue weighted by Gasteiger charge is -2.14. The maximum absolute atomic E-state index is 12.2. The van der Waals surface area contributed by atoms with E-state index in [1.165, 1.54) is 11.3 Å². The lowest BCUT2D eigenvalue weighted by Crippen LogP contribution is -2.28. The molecule has 1 rings (SSSR count). The maximum Gasteiger partial charge on any atom is 0.250 e. The number of thiophene rings is 1. The second kappa shape index (κ2) is 8.77. The number of sulfonamides is 1. The standard InChI is InChI=1S/C14H26N2O2S2/c1-4-6-7-12(5-2)10-16-20(17,18)14-9-8-13(19-14)11-15-3/h8-9,12,15-16H,4-7,10-11H2,1-3H3. The summed E-state index contributed by atoms with van der Waals surface area (Å²) in [6.07, 6.45) is 4.41. The molecule has 6 heteroatoms. The van der Waals surface area contributed by atoms with Crippen molar-refractivity contribution in [1.29, 1.82) is 0 Å². The van der Waals surface area contributed by atoms with Gasteiger partial charge in [-0.05, 0) is 31.5 Å². The average Bonchev–Trinajstić information content (AvgIpc) is 2.89. The zero-order chi connectivity index (χ0) is 15.0. The molecule has 0 saturated carbocycles. The fourth-order valence-electron chi connectivity index (χ4n) is 2.01. The molecule has 0 fully saturated rings. The molecule has 2 N–H and O–H groups in total.